The molecule has 0 aliphatic heterocycles. The first-order chi connectivity index (χ1) is 19.0. The lowest BCUT2D eigenvalue weighted by Gasteiger charge is -2.33. The number of amides is 2. The number of carbonyl (C=O) groups is 2. The van der Waals surface area contributed by atoms with Crippen molar-refractivity contribution < 1.29 is 22.4 Å². The molecule has 3 aromatic carbocycles. The first-order valence-corrected chi connectivity index (χ1v) is 15.0. The summed E-state index contributed by atoms with van der Waals surface area (Å²) in [5.41, 5.74) is 1.58. The number of rotatable bonds is 12. The molecule has 11 heteroatoms. The second-order valence-electron chi connectivity index (χ2n) is 9.29. The zero-order chi connectivity index (χ0) is 29.4. The largest absolute Gasteiger partial charge is 0.354 e. The summed E-state index contributed by atoms with van der Waals surface area (Å²) in [7, 11) is -4.24. The Hall–Kier alpha value is -3.14. The quantitative estimate of drug-likeness (QED) is 0.275. The van der Waals surface area contributed by atoms with E-state index in [0.29, 0.717) is 23.6 Å². The number of benzene rings is 3. The van der Waals surface area contributed by atoms with Crippen molar-refractivity contribution in [2.45, 2.75) is 51.1 Å². The van der Waals surface area contributed by atoms with E-state index in [1.54, 1.807) is 37.3 Å². The minimum atomic E-state index is -4.24. The van der Waals surface area contributed by atoms with Gasteiger partial charge in [0.1, 0.15) is 18.4 Å². The molecule has 3 rings (SSSR count). The molecule has 0 saturated carbocycles. The predicted octanol–water partition coefficient (Wildman–Crippen LogP) is 5.97. The first-order valence-electron chi connectivity index (χ1n) is 12.8. The van der Waals surface area contributed by atoms with Gasteiger partial charge in [0.05, 0.1) is 20.6 Å². The van der Waals surface area contributed by atoms with E-state index >= 15 is 0 Å². The van der Waals surface area contributed by atoms with E-state index in [2.05, 4.69) is 5.32 Å². The van der Waals surface area contributed by atoms with Gasteiger partial charge >= 0.3 is 0 Å². The summed E-state index contributed by atoms with van der Waals surface area (Å²) in [6.45, 7) is 5.29. The maximum Gasteiger partial charge on any atom is 0.264 e. The Balaban J connectivity index is 2.06. The zero-order valence-electron chi connectivity index (χ0n) is 22.5. The summed E-state index contributed by atoms with van der Waals surface area (Å²) >= 11 is 12.3. The smallest absolute Gasteiger partial charge is 0.264 e. The molecular weight excluding hydrogens is 576 g/mol. The summed E-state index contributed by atoms with van der Waals surface area (Å²) in [5, 5.41) is 3.44. The van der Waals surface area contributed by atoms with E-state index in [0.717, 1.165) is 22.0 Å². The van der Waals surface area contributed by atoms with Gasteiger partial charge in [0.15, 0.2) is 0 Å². The second-order valence-corrected chi connectivity index (χ2v) is 12.0. The van der Waals surface area contributed by atoms with E-state index in [1.807, 2.05) is 13.8 Å². The molecule has 0 fully saturated rings. The Labute approximate surface area is 244 Å². The normalized spacial score (nSPS) is 12.1. The van der Waals surface area contributed by atoms with Crippen LogP contribution >= 0.6 is 23.2 Å². The van der Waals surface area contributed by atoms with Crippen LogP contribution in [0.3, 0.4) is 0 Å². The Morgan fingerprint density at radius 3 is 2.17 bits per heavy atom. The van der Waals surface area contributed by atoms with Gasteiger partial charge in [-0.3, -0.25) is 13.9 Å². The average Bonchev–Trinajstić information content (AvgIpc) is 2.93. The number of nitrogens with one attached hydrogen (secondary N) is 1. The highest BCUT2D eigenvalue weighted by atomic mass is 35.5. The summed E-state index contributed by atoms with van der Waals surface area (Å²) < 4.78 is 42.3. The van der Waals surface area contributed by atoms with Gasteiger partial charge in [0.2, 0.25) is 11.8 Å². The molecule has 0 heterocycles. The Bertz CT molecular complexity index is 1430. The van der Waals surface area contributed by atoms with Gasteiger partial charge in [-0.25, -0.2) is 12.8 Å². The van der Waals surface area contributed by atoms with Crippen LogP contribution in [0.1, 0.15) is 37.8 Å². The van der Waals surface area contributed by atoms with Crippen LogP contribution in [0.15, 0.2) is 71.6 Å². The third-order valence-electron chi connectivity index (χ3n) is 6.27. The predicted molar refractivity (Wildman–Crippen MR) is 157 cm³/mol. The molecule has 0 saturated heterocycles. The standard InChI is InChI=1S/C29H32Cl2FN3O4S/c1-4-16-33-29(37)27(5-2)34(18-21-8-15-25(30)26(31)17-21)28(36)19-35(23-11-9-22(32)10-12-23)40(38,39)24-13-6-20(3)7-14-24/h6-15,17,27H,4-5,16,18-19H2,1-3H3,(H,33,37)/t27-/m1/s1. The van der Waals surface area contributed by atoms with E-state index < -0.39 is 34.3 Å². The summed E-state index contributed by atoms with van der Waals surface area (Å²) in [6, 6.07) is 15.0. The number of sulfonamides is 1. The molecule has 214 valence electrons. The van der Waals surface area contributed by atoms with Crippen molar-refractivity contribution in [3.63, 3.8) is 0 Å². The number of aryl methyl sites for hydroxylation is 1. The molecule has 0 spiro atoms. The molecule has 3 aromatic rings. The highest BCUT2D eigenvalue weighted by molar-refractivity contribution is 7.92. The Morgan fingerprint density at radius 2 is 1.60 bits per heavy atom. The van der Waals surface area contributed by atoms with Crippen LogP contribution in [0.25, 0.3) is 0 Å². The van der Waals surface area contributed by atoms with Crippen LogP contribution in [0, 0.1) is 12.7 Å². The van der Waals surface area contributed by atoms with Crippen molar-refractivity contribution >= 4 is 50.7 Å². The number of halogens is 3. The SMILES string of the molecule is CCCNC(=O)[C@@H](CC)N(Cc1ccc(Cl)c(Cl)c1)C(=O)CN(c1ccc(F)cc1)S(=O)(=O)c1ccc(C)cc1. The van der Waals surface area contributed by atoms with Crippen molar-refractivity contribution in [2.75, 3.05) is 17.4 Å². The summed E-state index contributed by atoms with van der Waals surface area (Å²) in [5.74, 6) is -1.53. The average molecular weight is 609 g/mol. The molecule has 40 heavy (non-hydrogen) atoms. The maximum absolute atomic E-state index is 14.0. The highest BCUT2D eigenvalue weighted by Crippen LogP contribution is 2.27. The fourth-order valence-corrected chi connectivity index (χ4v) is 5.83. The Morgan fingerprint density at radius 1 is 0.950 bits per heavy atom. The molecule has 0 aromatic heterocycles. The van der Waals surface area contributed by atoms with Crippen molar-refractivity contribution in [2.24, 2.45) is 0 Å². The number of nitrogens with zero attached hydrogens (tertiary/aromatic N) is 2. The van der Waals surface area contributed by atoms with Crippen molar-refractivity contribution in [1.82, 2.24) is 10.2 Å². The van der Waals surface area contributed by atoms with E-state index in [4.69, 9.17) is 23.2 Å². The second kappa shape index (κ2) is 14.0. The van der Waals surface area contributed by atoms with Gasteiger partial charge in [0, 0.05) is 13.1 Å². The number of anilines is 1. The molecule has 1 N–H and O–H groups in total. The molecule has 7 nitrogen and oxygen atoms in total. The van der Waals surface area contributed by atoms with Gasteiger partial charge in [-0.2, -0.15) is 0 Å². The minimum absolute atomic E-state index is 0.0182. The highest BCUT2D eigenvalue weighted by Gasteiger charge is 2.33. The van der Waals surface area contributed by atoms with Gasteiger partial charge in [-0.1, -0.05) is 60.8 Å². The van der Waals surface area contributed by atoms with E-state index in [9.17, 15) is 22.4 Å². The fourth-order valence-electron chi connectivity index (χ4n) is 4.09. The van der Waals surface area contributed by atoms with Crippen LogP contribution in [0.4, 0.5) is 10.1 Å². The minimum Gasteiger partial charge on any atom is -0.354 e. The van der Waals surface area contributed by atoms with E-state index in [1.165, 1.54) is 29.2 Å². The van der Waals surface area contributed by atoms with Crippen LogP contribution in [-0.2, 0) is 26.2 Å². The van der Waals surface area contributed by atoms with Gasteiger partial charge in [0.25, 0.3) is 10.0 Å². The van der Waals surface area contributed by atoms with Gasteiger partial charge < -0.3 is 10.2 Å². The van der Waals surface area contributed by atoms with Crippen LogP contribution < -0.4 is 9.62 Å². The van der Waals surface area contributed by atoms with Crippen molar-refractivity contribution in [3.05, 3.63) is 93.7 Å². The zero-order valence-corrected chi connectivity index (χ0v) is 24.9. The maximum atomic E-state index is 14.0. The number of carbonyl (C=O) groups excluding carboxylic acids is 2. The summed E-state index contributed by atoms with van der Waals surface area (Å²) in [6.07, 6.45) is 0.986. The molecule has 1 atom stereocenters. The Kier molecular flexibility index (Phi) is 11.0. The van der Waals surface area contributed by atoms with E-state index in [-0.39, 0.29) is 34.5 Å². The fraction of sp³-hybridized carbons (Fsp3) is 0.310. The van der Waals surface area contributed by atoms with Crippen LogP contribution in [0.5, 0.6) is 0 Å². The van der Waals surface area contributed by atoms with Crippen LogP contribution in [-0.4, -0.2) is 44.3 Å². The lowest BCUT2D eigenvalue weighted by molar-refractivity contribution is -0.140. The third kappa shape index (κ3) is 7.74. The van der Waals surface area contributed by atoms with Crippen molar-refractivity contribution in [3.8, 4) is 0 Å². The molecule has 0 aliphatic rings. The number of hydrogen-bond acceptors (Lipinski definition) is 4. The lowest BCUT2D eigenvalue weighted by atomic mass is 10.1. The molecule has 0 unspecified atom stereocenters. The first kappa shape index (κ1) is 31.4. The molecule has 0 radical (unpaired) electrons. The molecule has 2 amide bonds. The van der Waals surface area contributed by atoms with Crippen LogP contribution in [0.2, 0.25) is 10.0 Å². The topological polar surface area (TPSA) is 86.8 Å². The lowest BCUT2D eigenvalue weighted by Crippen LogP contribution is -2.52. The monoisotopic (exact) mass is 607 g/mol. The third-order valence-corrected chi connectivity index (χ3v) is 8.80. The molecular formula is C29H32Cl2FN3O4S. The number of hydrogen-bond donors (Lipinski definition) is 1. The summed E-state index contributed by atoms with van der Waals surface area (Å²) in [4.78, 5) is 28.4. The molecule has 0 aliphatic carbocycles. The molecule has 0 bridgehead atoms. The van der Waals surface area contributed by atoms with Gasteiger partial charge in [-0.05, 0) is 73.9 Å². The van der Waals surface area contributed by atoms with Crippen molar-refractivity contribution in [1.29, 1.82) is 0 Å². The van der Waals surface area contributed by atoms with Gasteiger partial charge in [-0.15, -0.1) is 0 Å².